The van der Waals surface area contributed by atoms with E-state index < -0.39 is 0 Å². The molecule has 2 heteroatoms. The fourth-order valence-corrected chi connectivity index (χ4v) is 1.93. The van der Waals surface area contributed by atoms with E-state index in [2.05, 4.69) is 17.0 Å². The van der Waals surface area contributed by atoms with Crippen LogP contribution in [0.4, 0.5) is 0 Å². The van der Waals surface area contributed by atoms with Gasteiger partial charge in [-0.2, -0.15) is 5.10 Å². The van der Waals surface area contributed by atoms with Crippen molar-refractivity contribution in [3.05, 3.63) is 0 Å². The van der Waals surface area contributed by atoms with Crippen molar-refractivity contribution in [3.8, 4) is 0 Å². The lowest BCUT2D eigenvalue weighted by Crippen LogP contribution is -2.31. The van der Waals surface area contributed by atoms with E-state index in [0.29, 0.717) is 0 Å². The Morgan fingerprint density at radius 1 is 1.50 bits per heavy atom. The molecule has 1 unspecified atom stereocenters. The maximum Gasteiger partial charge on any atom is 0.0523 e. The minimum Gasteiger partial charge on any atom is -0.294 e. The molecule has 0 aromatic carbocycles. The number of piperidine rings is 1. The molecular weight excluding hydrogens is 124 g/mol. The molecule has 0 saturated carbocycles. The smallest absolute Gasteiger partial charge is 0.0523 e. The van der Waals surface area contributed by atoms with Crippen molar-refractivity contribution in [2.45, 2.75) is 38.6 Å². The molecule has 2 aliphatic heterocycles. The first-order valence-electron chi connectivity index (χ1n) is 4.17. The van der Waals surface area contributed by atoms with Gasteiger partial charge in [-0.25, -0.2) is 0 Å². The van der Waals surface area contributed by atoms with Crippen LogP contribution >= 0.6 is 0 Å². The molecule has 0 N–H and O–H groups in total. The van der Waals surface area contributed by atoms with E-state index in [0.717, 1.165) is 6.04 Å². The summed E-state index contributed by atoms with van der Waals surface area (Å²) < 4.78 is 0. The van der Waals surface area contributed by atoms with E-state index in [1.807, 2.05) is 0 Å². The van der Waals surface area contributed by atoms with E-state index in [-0.39, 0.29) is 0 Å². The first kappa shape index (κ1) is 6.20. The predicted octanol–water partition coefficient (Wildman–Crippen LogP) is 1.62. The monoisotopic (exact) mass is 138 g/mol. The molecule has 0 radical (unpaired) electrons. The van der Waals surface area contributed by atoms with Gasteiger partial charge < -0.3 is 0 Å². The Labute approximate surface area is 61.9 Å². The number of nitrogens with zero attached hydrogens (tertiary/aromatic N) is 2. The van der Waals surface area contributed by atoms with Crippen LogP contribution in [0.2, 0.25) is 0 Å². The Hall–Kier alpha value is -0.530. The van der Waals surface area contributed by atoms with Gasteiger partial charge in [-0.05, 0) is 26.2 Å². The summed E-state index contributed by atoms with van der Waals surface area (Å²) in [5.41, 5.74) is 1.33. The van der Waals surface area contributed by atoms with Crippen molar-refractivity contribution in [3.63, 3.8) is 0 Å². The number of hydrazone groups is 1. The minimum absolute atomic E-state index is 0.772. The Balaban J connectivity index is 2.06. The van der Waals surface area contributed by atoms with Gasteiger partial charge in [0.25, 0.3) is 0 Å². The molecule has 0 aromatic rings. The van der Waals surface area contributed by atoms with Gasteiger partial charge in [-0.1, -0.05) is 0 Å². The standard InChI is InChI=1S/C8H14N2/c1-7-6-8-4-2-3-5-10(8)9-7/h8H,2-6H2,1H3. The van der Waals surface area contributed by atoms with Crippen LogP contribution in [0.3, 0.4) is 0 Å². The molecule has 56 valence electrons. The average molecular weight is 138 g/mol. The summed E-state index contributed by atoms with van der Waals surface area (Å²) >= 11 is 0. The van der Waals surface area contributed by atoms with Crippen LogP contribution in [0.1, 0.15) is 32.6 Å². The van der Waals surface area contributed by atoms with E-state index in [4.69, 9.17) is 0 Å². The van der Waals surface area contributed by atoms with Crippen LogP contribution in [0.25, 0.3) is 0 Å². The zero-order valence-corrected chi connectivity index (χ0v) is 6.51. The highest BCUT2D eigenvalue weighted by Crippen LogP contribution is 2.24. The Morgan fingerprint density at radius 3 is 3.20 bits per heavy atom. The van der Waals surface area contributed by atoms with E-state index in [1.165, 1.54) is 37.9 Å². The van der Waals surface area contributed by atoms with Crippen molar-refractivity contribution in [2.24, 2.45) is 5.10 Å². The fraction of sp³-hybridized carbons (Fsp3) is 0.875. The number of hydrogen-bond donors (Lipinski definition) is 0. The SMILES string of the molecule is CC1=NN2CCCCC2C1. The van der Waals surface area contributed by atoms with Gasteiger partial charge >= 0.3 is 0 Å². The predicted molar refractivity (Wildman–Crippen MR) is 42.1 cm³/mol. The molecule has 2 aliphatic rings. The Bertz CT molecular complexity index is 163. The second kappa shape index (κ2) is 2.26. The van der Waals surface area contributed by atoms with Crippen molar-refractivity contribution in [1.82, 2.24) is 5.01 Å². The lowest BCUT2D eigenvalue weighted by atomic mass is 10.0. The molecule has 2 nitrogen and oxygen atoms in total. The molecule has 1 atom stereocenters. The summed E-state index contributed by atoms with van der Waals surface area (Å²) in [4.78, 5) is 0. The molecular formula is C8H14N2. The average Bonchev–Trinajstić information content (AvgIpc) is 2.27. The maximum atomic E-state index is 4.46. The summed E-state index contributed by atoms with van der Waals surface area (Å²) in [6.45, 7) is 3.33. The van der Waals surface area contributed by atoms with Gasteiger partial charge in [0.05, 0.1) is 6.04 Å². The number of hydrogen-bond acceptors (Lipinski definition) is 2. The molecule has 1 saturated heterocycles. The third-order valence-electron chi connectivity index (χ3n) is 2.43. The quantitative estimate of drug-likeness (QED) is 0.496. The van der Waals surface area contributed by atoms with Gasteiger partial charge in [-0.3, -0.25) is 5.01 Å². The van der Waals surface area contributed by atoms with E-state index in [1.54, 1.807) is 0 Å². The molecule has 0 aromatic heterocycles. The van der Waals surface area contributed by atoms with Crippen LogP contribution in [-0.4, -0.2) is 23.3 Å². The highest BCUT2D eigenvalue weighted by molar-refractivity contribution is 5.83. The van der Waals surface area contributed by atoms with Gasteiger partial charge in [0.2, 0.25) is 0 Å². The third-order valence-corrected chi connectivity index (χ3v) is 2.43. The lowest BCUT2D eigenvalue weighted by Gasteiger charge is -2.27. The van der Waals surface area contributed by atoms with Crippen LogP contribution in [0.5, 0.6) is 0 Å². The maximum absolute atomic E-state index is 4.46. The van der Waals surface area contributed by atoms with Crippen LogP contribution < -0.4 is 0 Å². The van der Waals surface area contributed by atoms with Crippen molar-refractivity contribution < 1.29 is 0 Å². The second-order valence-corrected chi connectivity index (χ2v) is 3.35. The fourth-order valence-electron chi connectivity index (χ4n) is 1.93. The zero-order chi connectivity index (χ0) is 6.97. The van der Waals surface area contributed by atoms with Gasteiger partial charge in [0.15, 0.2) is 0 Å². The van der Waals surface area contributed by atoms with E-state index >= 15 is 0 Å². The minimum atomic E-state index is 0.772. The largest absolute Gasteiger partial charge is 0.294 e. The van der Waals surface area contributed by atoms with Crippen molar-refractivity contribution >= 4 is 5.71 Å². The topological polar surface area (TPSA) is 15.6 Å². The van der Waals surface area contributed by atoms with Crippen LogP contribution in [0, 0.1) is 0 Å². The van der Waals surface area contributed by atoms with Crippen LogP contribution in [0.15, 0.2) is 5.10 Å². The van der Waals surface area contributed by atoms with Crippen molar-refractivity contribution in [2.75, 3.05) is 6.54 Å². The normalized spacial score (nSPS) is 31.9. The number of fused-ring (bicyclic) bond motifs is 1. The Morgan fingerprint density at radius 2 is 2.40 bits per heavy atom. The third kappa shape index (κ3) is 0.917. The first-order chi connectivity index (χ1) is 4.86. The molecule has 0 bridgehead atoms. The van der Waals surface area contributed by atoms with Gasteiger partial charge in [0, 0.05) is 18.7 Å². The van der Waals surface area contributed by atoms with Gasteiger partial charge in [-0.15, -0.1) is 0 Å². The number of rotatable bonds is 0. The molecule has 10 heavy (non-hydrogen) atoms. The first-order valence-corrected chi connectivity index (χ1v) is 4.17. The highest BCUT2D eigenvalue weighted by atomic mass is 15.5. The molecule has 2 rings (SSSR count). The molecule has 0 aliphatic carbocycles. The van der Waals surface area contributed by atoms with Gasteiger partial charge in [0.1, 0.15) is 0 Å². The Kier molecular flexibility index (Phi) is 1.40. The summed E-state index contributed by atoms with van der Waals surface area (Å²) in [6, 6.07) is 0.772. The second-order valence-electron chi connectivity index (χ2n) is 3.35. The van der Waals surface area contributed by atoms with Crippen LogP contribution in [-0.2, 0) is 0 Å². The lowest BCUT2D eigenvalue weighted by molar-refractivity contribution is 0.178. The molecule has 2 heterocycles. The zero-order valence-electron chi connectivity index (χ0n) is 6.51. The summed E-state index contributed by atoms with van der Waals surface area (Å²) in [5.74, 6) is 0. The molecule has 1 fully saturated rings. The van der Waals surface area contributed by atoms with E-state index in [9.17, 15) is 0 Å². The highest BCUT2D eigenvalue weighted by Gasteiger charge is 2.26. The summed E-state index contributed by atoms with van der Waals surface area (Å²) in [7, 11) is 0. The summed E-state index contributed by atoms with van der Waals surface area (Å²) in [5, 5.41) is 6.74. The molecule has 0 spiro atoms. The molecule has 0 amide bonds. The summed E-state index contributed by atoms with van der Waals surface area (Å²) in [6.07, 6.45) is 5.33. The van der Waals surface area contributed by atoms with Crippen molar-refractivity contribution in [1.29, 1.82) is 0 Å².